The summed E-state index contributed by atoms with van der Waals surface area (Å²) in [6.45, 7) is 2.54. The van der Waals surface area contributed by atoms with Crippen molar-refractivity contribution in [3.8, 4) is 22.9 Å². The minimum atomic E-state index is -0.316. The molecule has 1 N–H and O–H groups in total. The number of aromatic nitrogens is 3. The third-order valence-electron chi connectivity index (χ3n) is 6.05. The molecule has 3 fully saturated rings. The van der Waals surface area contributed by atoms with Gasteiger partial charge in [0.05, 0.1) is 7.11 Å². The number of aromatic amines is 1. The Morgan fingerprint density at radius 3 is 2.77 bits per heavy atom. The lowest BCUT2D eigenvalue weighted by Gasteiger charge is -2.56. The summed E-state index contributed by atoms with van der Waals surface area (Å²) in [6.07, 6.45) is 4.66. The van der Waals surface area contributed by atoms with Crippen molar-refractivity contribution in [2.24, 2.45) is 0 Å². The summed E-state index contributed by atoms with van der Waals surface area (Å²) >= 11 is 0. The number of benzene rings is 1. The van der Waals surface area contributed by atoms with E-state index < -0.39 is 0 Å². The number of H-pyrrole nitrogens is 1. The van der Waals surface area contributed by atoms with Gasteiger partial charge < -0.3 is 9.64 Å². The molecule has 3 aliphatic heterocycles. The number of nitrogens with zero attached hydrogens (tertiary/aromatic N) is 5. The van der Waals surface area contributed by atoms with Gasteiger partial charge in [-0.3, -0.25) is 10.00 Å². The lowest BCUT2D eigenvalue weighted by molar-refractivity contribution is -0.00875. The van der Waals surface area contributed by atoms with Gasteiger partial charge in [-0.2, -0.15) is 10.4 Å². The van der Waals surface area contributed by atoms with Crippen LogP contribution in [0.1, 0.15) is 17.7 Å². The van der Waals surface area contributed by atoms with Crippen molar-refractivity contribution >= 4 is 5.82 Å². The molecule has 0 amide bonds. The van der Waals surface area contributed by atoms with Gasteiger partial charge in [0.25, 0.3) is 0 Å². The fourth-order valence-electron chi connectivity index (χ4n) is 4.48. The first kappa shape index (κ1) is 18.6. The molecule has 3 aliphatic rings. The smallest absolute Gasteiger partial charge is 0.170 e. The normalized spacial score (nSPS) is 20.5. The van der Waals surface area contributed by atoms with Gasteiger partial charge in [-0.05, 0) is 36.2 Å². The van der Waals surface area contributed by atoms with Gasteiger partial charge in [-0.25, -0.2) is 9.37 Å². The number of halogens is 1. The second-order valence-electron chi connectivity index (χ2n) is 7.75. The quantitative estimate of drug-likeness (QED) is 0.704. The third kappa shape index (κ3) is 3.17. The first-order valence-corrected chi connectivity index (χ1v) is 9.89. The number of anilines is 1. The molecule has 2 aromatic heterocycles. The predicted molar refractivity (Wildman–Crippen MR) is 109 cm³/mol. The van der Waals surface area contributed by atoms with Crippen molar-refractivity contribution in [3.05, 3.63) is 59.8 Å². The summed E-state index contributed by atoms with van der Waals surface area (Å²) in [5.74, 6) is 0.898. The van der Waals surface area contributed by atoms with E-state index in [-0.39, 0.29) is 11.6 Å². The maximum Gasteiger partial charge on any atom is 0.170 e. The number of pyridine rings is 1. The monoisotopic (exact) mass is 404 g/mol. The highest BCUT2D eigenvalue weighted by molar-refractivity contribution is 5.68. The summed E-state index contributed by atoms with van der Waals surface area (Å²) in [7, 11) is 1.48. The van der Waals surface area contributed by atoms with Crippen LogP contribution in [0.2, 0.25) is 0 Å². The standard InChI is InChI=1S/C22H21FN6O/c1-30-21-4-2-14(6-19(21)23)11-29-16-7-17(29)13-28(12-16)22-5-3-15(9-25-22)18-10-26-27-20(18)8-24/h2-6,9-10,16-17H,7,11-13H2,1H3,(H,26,27). The Kier molecular flexibility index (Phi) is 4.60. The van der Waals surface area contributed by atoms with Crippen LogP contribution in [0.3, 0.4) is 0 Å². The number of methoxy groups -OCH3 is 1. The average molecular weight is 404 g/mol. The maximum atomic E-state index is 14.0. The molecule has 0 aliphatic carbocycles. The highest BCUT2D eigenvalue weighted by atomic mass is 19.1. The van der Waals surface area contributed by atoms with Crippen LogP contribution >= 0.6 is 0 Å². The molecule has 0 saturated carbocycles. The number of nitriles is 1. The van der Waals surface area contributed by atoms with Crippen molar-refractivity contribution in [3.63, 3.8) is 0 Å². The Bertz CT molecular complexity index is 1090. The van der Waals surface area contributed by atoms with Gasteiger partial charge in [-0.1, -0.05) is 6.07 Å². The predicted octanol–water partition coefficient (Wildman–Crippen LogP) is 2.95. The van der Waals surface area contributed by atoms with Crippen LogP contribution in [-0.2, 0) is 6.54 Å². The van der Waals surface area contributed by atoms with Crippen LogP contribution in [0.15, 0.2) is 42.7 Å². The first-order valence-electron chi connectivity index (χ1n) is 9.89. The van der Waals surface area contributed by atoms with Crippen molar-refractivity contribution in [1.29, 1.82) is 5.26 Å². The number of rotatable bonds is 5. The van der Waals surface area contributed by atoms with E-state index in [1.807, 2.05) is 18.2 Å². The maximum absolute atomic E-state index is 14.0. The van der Waals surface area contributed by atoms with Crippen LogP contribution in [0, 0.1) is 17.1 Å². The zero-order valence-corrected chi connectivity index (χ0v) is 16.5. The average Bonchev–Trinajstić information content (AvgIpc) is 3.26. The summed E-state index contributed by atoms with van der Waals surface area (Å²) < 4.78 is 19.0. The molecule has 2 unspecified atom stereocenters. The zero-order valence-electron chi connectivity index (χ0n) is 16.5. The highest BCUT2D eigenvalue weighted by Gasteiger charge is 2.44. The molecule has 2 bridgehead atoms. The summed E-state index contributed by atoms with van der Waals surface area (Å²) in [6, 6.07) is 12.1. The molecular weight excluding hydrogens is 383 g/mol. The minimum Gasteiger partial charge on any atom is -0.494 e. The lowest BCUT2D eigenvalue weighted by atomic mass is 9.86. The van der Waals surface area contributed by atoms with Crippen LogP contribution in [-0.4, -0.2) is 52.4 Å². The Morgan fingerprint density at radius 2 is 2.10 bits per heavy atom. The molecule has 2 atom stereocenters. The molecule has 1 aromatic carbocycles. The number of piperazine rings is 1. The van der Waals surface area contributed by atoms with E-state index in [0.29, 0.717) is 17.8 Å². The second-order valence-corrected chi connectivity index (χ2v) is 7.75. The van der Waals surface area contributed by atoms with E-state index in [4.69, 9.17) is 10.00 Å². The van der Waals surface area contributed by atoms with E-state index in [0.717, 1.165) is 48.6 Å². The molecule has 152 valence electrons. The van der Waals surface area contributed by atoms with Crippen molar-refractivity contribution < 1.29 is 9.13 Å². The lowest BCUT2D eigenvalue weighted by Crippen LogP contribution is -2.68. The summed E-state index contributed by atoms with van der Waals surface area (Å²) in [5.41, 5.74) is 2.96. The molecule has 0 radical (unpaired) electrons. The molecular formula is C22H21FN6O. The van der Waals surface area contributed by atoms with Crippen molar-refractivity contribution in [1.82, 2.24) is 20.1 Å². The summed E-state index contributed by atoms with van der Waals surface area (Å²) in [4.78, 5) is 9.36. The number of hydrogen-bond donors (Lipinski definition) is 1. The Hall–Kier alpha value is -3.44. The van der Waals surface area contributed by atoms with Crippen LogP contribution in [0.4, 0.5) is 10.2 Å². The van der Waals surface area contributed by atoms with E-state index in [9.17, 15) is 4.39 Å². The van der Waals surface area contributed by atoms with Gasteiger partial charge in [0, 0.05) is 55.2 Å². The topological polar surface area (TPSA) is 81.1 Å². The van der Waals surface area contributed by atoms with Crippen molar-refractivity contribution in [2.45, 2.75) is 25.0 Å². The van der Waals surface area contributed by atoms with Crippen LogP contribution < -0.4 is 9.64 Å². The SMILES string of the molecule is COc1ccc(CN2C3CC2CN(c2ccc(-c4c[nH]nc4C#N)cn2)C3)cc1F. The summed E-state index contributed by atoms with van der Waals surface area (Å²) in [5, 5.41) is 15.8. The molecule has 0 spiro atoms. The van der Waals surface area contributed by atoms with E-state index in [1.165, 1.54) is 7.11 Å². The van der Waals surface area contributed by atoms with Gasteiger partial charge >= 0.3 is 0 Å². The Labute approximate surface area is 173 Å². The number of hydrogen-bond acceptors (Lipinski definition) is 6. The highest BCUT2D eigenvalue weighted by Crippen LogP contribution is 2.36. The van der Waals surface area contributed by atoms with Crippen LogP contribution in [0.5, 0.6) is 5.75 Å². The van der Waals surface area contributed by atoms with E-state index in [1.54, 1.807) is 24.5 Å². The Morgan fingerprint density at radius 1 is 1.27 bits per heavy atom. The van der Waals surface area contributed by atoms with Crippen LogP contribution in [0.25, 0.3) is 11.1 Å². The third-order valence-corrected chi connectivity index (χ3v) is 6.05. The molecule has 5 heterocycles. The zero-order chi connectivity index (χ0) is 20.7. The largest absolute Gasteiger partial charge is 0.494 e. The molecule has 6 rings (SSSR count). The molecule has 7 nitrogen and oxygen atoms in total. The second kappa shape index (κ2) is 7.43. The fraction of sp³-hybridized carbons (Fsp3) is 0.318. The van der Waals surface area contributed by atoms with E-state index >= 15 is 0 Å². The Balaban J connectivity index is 1.25. The molecule has 3 aromatic rings. The van der Waals surface area contributed by atoms with Gasteiger partial charge in [-0.15, -0.1) is 0 Å². The first-order chi connectivity index (χ1) is 14.7. The van der Waals surface area contributed by atoms with Gasteiger partial charge in [0.2, 0.25) is 0 Å². The van der Waals surface area contributed by atoms with Crippen molar-refractivity contribution in [2.75, 3.05) is 25.1 Å². The van der Waals surface area contributed by atoms with E-state index in [2.05, 4.69) is 31.1 Å². The minimum absolute atomic E-state index is 0.278. The molecule has 8 heteroatoms. The number of nitrogens with one attached hydrogen (secondary N) is 1. The fourth-order valence-corrected chi connectivity index (χ4v) is 4.48. The molecule has 30 heavy (non-hydrogen) atoms. The van der Waals surface area contributed by atoms with Gasteiger partial charge in [0.1, 0.15) is 11.9 Å². The molecule has 3 saturated heterocycles. The number of fused-ring (bicyclic) bond motifs is 2. The van der Waals surface area contributed by atoms with Gasteiger partial charge in [0.15, 0.2) is 17.3 Å². The number of piperidine rings is 1. The number of ether oxygens (including phenoxy) is 1.